The quantitative estimate of drug-likeness (QED) is 0.393. The largest absolute Gasteiger partial charge is 0.290 e. The predicted molar refractivity (Wildman–Crippen MR) is 119 cm³/mol. The first kappa shape index (κ1) is 22.6. The molecule has 2 amide bonds. The van der Waals surface area contributed by atoms with Gasteiger partial charge in [0.25, 0.3) is 11.5 Å². The Hall–Kier alpha value is -3.07. The van der Waals surface area contributed by atoms with Crippen LogP contribution in [0.1, 0.15) is 42.2 Å². The highest BCUT2D eigenvalue weighted by Gasteiger charge is 2.17. The molecule has 0 unspecified atom stereocenters. The third-order valence-corrected chi connectivity index (χ3v) is 5.33. The van der Waals surface area contributed by atoms with E-state index < -0.39 is 17.6 Å². The van der Waals surface area contributed by atoms with E-state index in [-0.39, 0.29) is 22.1 Å². The molecule has 3 aromatic rings. The fourth-order valence-electron chi connectivity index (χ4n) is 3.13. The summed E-state index contributed by atoms with van der Waals surface area (Å²) >= 11 is 3.07. The normalized spacial score (nSPS) is 10.8. The lowest BCUT2D eigenvalue weighted by Crippen LogP contribution is -2.43. The van der Waals surface area contributed by atoms with Crippen molar-refractivity contribution in [1.82, 2.24) is 20.6 Å². The van der Waals surface area contributed by atoms with Gasteiger partial charge in [-0.05, 0) is 46.1 Å². The summed E-state index contributed by atoms with van der Waals surface area (Å²) in [5.41, 5.74) is 5.06. The summed E-state index contributed by atoms with van der Waals surface area (Å²) in [6.07, 6.45) is 2.65. The number of carbonyl (C=O) groups is 2. The van der Waals surface area contributed by atoms with Crippen LogP contribution in [-0.4, -0.2) is 21.6 Å². The van der Waals surface area contributed by atoms with Gasteiger partial charge in [-0.3, -0.25) is 25.2 Å². The maximum atomic E-state index is 13.3. The van der Waals surface area contributed by atoms with Gasteiger partial charge in [-0.1, -0.05) is 44.0 Å². The molecule has 0 atom stereocenters. The molecule has 0 bridgehead atoms. The summed E-state index contributed by atoms with van der Waals surface area (Å²) in [6.45, 7) is 2.46. The van der Waals surface area contributed by atoms with Crippen LogP contribution in [0.2, 0.25) is 0 Å². The van der Waals surface area contributed by atoms with Gasteiger partial charge in [-0.2, -0.15) is 5.10 Å². The van der Waals surface area contributed by atoms with Crippen LogP contribution in [0.3, 0.4) is 0 Å². The molecule has 0 aliphatic rings. The fraction of sp³-hybridized carbons (Fsp3) is 0.273. The van der Waals surface area contributed by atoms with E-state index >= 15 is 0 Å². The number of fused-ring (bicyclic) bond motifs is 1. The Balaban J connectivity index is 1.76. The third kappa shape index (κ3) is 5.55. The SMILES string of the molecule is CCCCCn1nc(C(=O)NNC(=O)Cc2ccc(F)c(Br)c2)c2ccccc2c1=O. The molecule has 3 rings (SSSR count). The van der Waals surface area contributed by atoms with Crippen molar-refractivity contribution in [1.29, 1.82) is 0 Å². The second-order valence-corrected chi connectivity index (χ2v) is 7.91. The van der Waals surface area contributed by atoms with Crippen LogP contribution in [0.25, 0.3) is 10.8 Å². The van der Waals surface area contributed by atoms with Crippen molar-refractivity contribution in [2.24, 2.45) is 0 Å². The molecule has 0 spiro atoms. The van der Waals surface area contributed by atoms with Gasteiger partial charge >= 0.3 is 0 Å². The van der Waals surface area contributed by atoms with Crippen molar-refractivity contribution in [3.63, 3.8) is 0 Å². The number of halogens is 2. The first-order valence-electron chi connectivity index (χ1n) is 9.93. The number of hydrazine groups is 1. The van der Waals surface area contributed by atoms with E-state index in [0.717, 1.165) is 19.3 Å². The van der Waals surface area contributed by atoms with E-state index in [9.17, 15) is 18.8 Å². The number of hydrogen-bond acceptors (Lipinski definition) is 4. The Labute approximate surface area is 186 Å². The molecule has 0 fully saturated rings. The van der Waals surface area contributed by atoms with E-state index in [2.05, 4.69) is 38.8 Å². The number of aryl methyl sites for hydroxylation is 1. The average Bonchev–Trinajstić information content (AvgIpc) is 2.76. The summed E-state index contributed by atoms with van der Waals surface area (Å²) in [6, 6.07) is 11.0. The zero-order valence-corrected chi connectivity index (χ0v) is 18.5. The molecule has 0 saturated carbocycles. The maximum Gasteiger partial charge on any atom is 0.290 e. The molecule has 7 nitrogen and oxygen atoms in total. The molecule has 162 valence electrons. The number of aromatic nitrogens is 2. The van der Waals surface area contributed by atoms with Gasteiger partial charge in [0.15, 0.2) is 5.69 Å². The molecule has 0 aliphatic heterocycles. The minimum Gasteiger partial charge on any atom is -0.273 e. The standard InChI is InChI=1S/C22H22BrFN4O3/c1-2-3-6-11-28-22(31)16-8-5-4-7-15(16)20(27-28)21(30)26-25-19(29)13-14-9-10-18(24)17(23)12-14/h4-5,7-10,12H,2-3,6,11,13H2,1H3,(H,25,29)(H,26,30). The Morgan fingerprint density at radius 1 is 1.10 bits per heavy atom. The highest BCUT2D eigenvalue weighted by atomic mass is 79.9. The topological polar surface area (TPSA) is 93.1 Å². The van der Waals surface area contributed by atoms with Crippen LogP contribution in [0.5, 0.6) is 0 Å². The monoisotopic (exact) mass is 488 g/mol. The highest BCUT2D eigenvalue weighted by molar-refractivity contribution is 9.10. The summed E-state index contributed by atoms with van der Waals surface area (Å²) in [7, 11) is 0. The number of benzene rings is 2. The molecule has 2 N–H and O–H groups in total. The van der Waals surface area contributed by atoms with Crippen molar-refractivity contribution < 1.29 is 14.0 Å². The van der Waals surface area contributed by atoms with Crippen molar-refractivity contribution in [3.05, 3.63) is 74.4 Å². The molecule has 31 heavy (non-hydrogen) atoms. The summed E-state index contributed by atoms with van der Waals surface area (Å²) in [5, 5.41) is 5.05. The number of nitrogens with one attached hydrogen (secondary N) is 2. The number of nitrogens with zero attached hydrogens (tertiary/aromatic N) is 2. The van der Waals surface area contributed by atoms with Gasteiger partial charge in [0.1, 0.15) is 5.82 Å². The van der Waals surface area contributed by atoms with E-state index in [4.69, 9.17) is 0 Å². The fourth-order valence-corrected chi connectivity index (χ4v) is 3.56. The van der Waals surface area contributed by atoms with Gasteiger partial charge in [-0.25, -0.2) is 9.07 Å². The minimum absolute atomic E-state index is 0.0517. The van der Waals surface area contributed by atoms with Gasteiger partial charge < -0.3 is 0 Å². The van der Waals surface area contributed by atoms with E-state index in [0.29, 0.717) is 22.9 Å². The third-order valence-electron chi connectivity index (χ3n) is 4.72. The van der Waals surface area contributed by atoms with Gasteiger partial charge in [0.2, 0.25) is 5.91 Å². The lowest BCUT2D eigenvalue weighted by atomic mass is 10.1. The smallest absolute Gasteiger partial charge is 0.273 e. The Kier molecular flexibility index (Phi) is 7.51. The second-order valence-electron chi connectivity index (χ2n) is 7.06. The summed E-state index contributed by atoms with van der Waals surface area (Å²) in [5.74, 6) is -1.54. The summed E-state index contributed by atoms with van der Waals surface area (Å²) in [4.78, 5) is 37.6. The van der Waals surface area contributed by atoms with Crippen molar-refractivity contribution in [2.75, 3.05) is 0 Å². The first-order valence-corrected chi connectivity index (χ1v) is 10.7. The molecule has 9 heteroatoms. The van der Waals surface area contributed by atoms with Crippen molar-refractivity contribution in [3.8, 4) is 0 Å². The van der Waals surface area contributed by atoms with E-state index in [1.165, 1.54) is 22.9 Å². The maximum absolute atomic E-state index is 13.3. The Morgan fingerprint density at radius 3 is 2.55 bits per heavy atom. The van der Waals surface area contributed by atoms with Crippen LogP contribution in [-0.2, 0) is 17.8 Å². The lowest BCUT2D eigenvalue weighted by molar-refractivity contribution is -0.121. The van der Waals surface area contributed by atoms with Gasteiger partial charge in [0.05, 0.1) is 16.3 Å². The van der Waals surface area contributed by atoms with Crippen molar-refractivity contribution >= 4 is 38.5 Å². The second kappa shape index (κ2) is 10.3. The molecule has 1 aromatic heterocycles. The molecule has 0 saturated heterocycles. The van der Waals surface area contributed by atoms with Gasteiger partial charge in [-0.15, -0.1) is 0 Å². The van der Waals surface area contributed by atoms with Crippen LogP contribution in [0.4, 0.5) is 4.39 Å². The number of unbranched alkanes of at least 4 members (excludes halogenated alkanes) is 2. The zero-order chi connectivity index (χ0) is 22.4. The molecule has 0 aliphatic carbocycles. The highest BCUT2D eigenvalue weighted by Crippen LogP contribution is 2.17. The number of hydrogen-bond donors (Lipinski definition) is 2. The number of amides is 2. The van der Waals surface area contributed by atoms with Crippen LogP contribution in [0.15, 0.2) is 51.7 Å². The zero-order valence-electron chi connectivity index (χ0n) is 17.0. The summed E-state index contributed by atoms with van der Waals surface area (Å²) < 4.78 is 14.9. The molecular formula is C22H22BrFN4O3. The molecule has 1 heterocycles. The van der Waals surface area contributed by atoms with Gasteiger partial charge in [0, 0.05) is 11.9 Å². The number of rotatable bonds is 7. The lowest BCUT2D eigenvalue weighted by Gasteiger charge is -2.12. The van der Waals surface area contributed by atoms with E-state index in [1.807, 2.05) is 0 Å². The number of carbonyl (C=O) groups excluding carboxylic acids is 2. The Bertz CT molecular complexity index is 1180. The average molecular weight is 489 g/mol. The minimum atomic E-state index is -0.630. The van der Waals surface area contributed by atoms with Crippen LogP contribution >= 0.6 is 15.9 Å². The Morgan fingerprint density at radius 2 is 1.84 bits per heavy atom. The first-order chi connectivity index (χ1) is 14.9. The predicted octanol–water partition coefficient (Wildman–Crippen LogP) is 3.49. The van der Waals surface area contributed by atoms with E-state index in [1.54, 1.807) is 24.3 Å². The molecule has 0 radical (unpaired) electrons. The van der Waals surface area contributed by atoms with Crippen LogP contribution < -0.4 is 16.4 Å². The molecular weight excluding hydrogens is 467 g/mol. The molecule has 2 aromatic carbocycles. The van der Waals surface area contributed by atoms with Crippen molar-refractivity contribution in [2.45, 2.75) is 39.2 Å². The van der Waals surface area contributed by atoms with Crippen LogP contribution in [0, 0.1) is 5.82 Å².